The van der Waals surface area contributed by atoms with Crippen LogP contribution in [0.5, 0.6) is 0 Å². The Bertz CT molecular complexity index is 499. The van der Waals surface area contributed by atoms with Crippen LogP contribution in [-0.2, 0) is 4.79 Å². The predicted octanol–water partition coefficient (Wildman–Crippen LogP) is 1.12. The van der Waals surface area contributed by atoms with Gasteiger partial charge in [0, 0.05) is 6.07 Å². The standard InChI is InChI=1S/C10H8N2O4/c1-7-5-8(12(15)16)6-11-9(7)3-2-4-10(13)14/h5-6H,4H2,1H3,(H,13,14). The summed E-state index contributed by atoms with van der Waals surface area (Å²) in [7, 11) is 0. The average molecular weight is 220 g/mol. The number of nitro groups is 1. The van der Waals surface area contributed by atoms with Crippen molar-refractivity contribution in [1.82, 2.24) is 4.98 Å². The van der Waals surface area contributed by atoms with Crippen molar-refractivity contribution >= 4 is 11.7 Å². The van der Waals surface area contributed by atoms with Gasteiger partial charge < -0.3 is 5.11 Å². The maximum Gasteiger partial charge on any atom is 0.315 e. The molecular formula is C10H8N2O4. The van der Waals surface area contributed by atoms with E-state index >= 15 is 0 Å². The van der Waals surface area contributed by atoms with Crippen LogP contribution in [0.3, 0.4) is 0 Å². The van der Waals surface area contributed by atoms with Crippen LogP contribution in [0, 0.1) is 28.9 Å². The minimum absolute atomic E-state index is 0.110. The Kier molecular flexibility index (Phi) is 3.56. The number of aryl methyl sites for hydroxylation is 1. The van der Waals surface area contributed by atoms with Crippen molar-refractivity contribution < 1.29 is 14.8 Å². The molecule has 0 fully saturated rings. The highest BCUT2D eigenvalue weighted by Crippen LogP contribution is 2.13. The summed E-state index contributed by atoms with van der Waals surface area (Å²) < 4.78 is 0. The van der Waals surface area contributed by atoms with Crippen molar-refractivity contribution in [3.05, 3.63) is 33.6 Å². The van der Waals surface area contributed by atoms with Crippen molar-refractivity contribution in [2.75, 3.05) is 0 Å². The molecule has 0 radical (unpaired) electrons. The van der Waals surface area contributed by atoms with Gasteiger partial charge in [0.05, 0.1) is 4.92 Å². The van der Waals surface area contributed by atoms with Crippen molar-refractivity contribution in [1.29, 1.82) is 0 Å². The average Bonchev–Trinajstić information content (AvgIpc) is 2.19. The van der Waals surface area contributed by atoms with Crippen molar-refractivity contribution in [2.24, 2.45) is 0 Å². The minimum Gasteiger partial charge on any atom is -0.481 e. The highest BCUT2D eigenvalue weighted by Gasteiger charge is 2.07. The molecular weight excluding hydrogens is 212 g/mol. The second kappa shape index (κ2) is 4.89. The molecule has 1 N–H and O–H groups in total. The third-order valence-electron chi connectivity index (χ3n) is 1.72. The van der Waals surface area contributed by atoms with Gasteiger partial charge in [-0.25, -0.2) is 4.98 Å². The first-order valence-corrected chi connectivity index (χ1v) is 4.32. The Balaban J connectivity index is 2.94. The molecule has 1 heterocycles. The zero-order valence-electron chi connectivity index (χ0n) is 8.43. The molecule has 0 bridgehead atoms. The molecule has 6 nitrogen and oxygen atoms in total. The molecule has 1 aromatic rings. The summed E-state index contributed by atoms with van der Waals surface area (Å²) in [4.78, 5) is 23.9. The van der Waals surface area contributed by atoms with E-state index in [9.17, 15) is 14.9 Å². The van der Waals surface area contributed by atoms with E-state index < -0.39 is 10.9 Å². The van der Waals surface area contributed by atoms with Crippen molar-refractivity contribution in [3.63, 3.8) is 0 Å². The number of nitrogens with zero attached hydrogens (tertiary/aromatic N) is 2. The molecule has 16 heavy (non-hydrogen) atoms. The summed E-state index contributed by atoms with van der Waals surface area (Å²) in [6.07, 6.45) is 0.815. The molecule has 6 heteroatoms. The number of pyridine rings is 1. The van der Waals surface area contributed by atoms with Gasteiger partial charge in [0.15, 0.2) is 0 Å². The molecule has 0 aromatic carbocycles. The summed E-state index contributed by atoms with van der Waals surface area (Å²) in [6, 6.07) is 1.35. The highest BCUT2D eigenvalue weighted by molar-refractivity contribution is 5.70. The predicted molar refractivity (Wildman–Crippen MR) is 54.8 cm³/mol. The lowest BCUT2D eigenvalue weighted by molar-refractivity contribution is -0.385. The van der Waals surface area contributed by atoms with E-state index in [1.54, 1.807) is 6.92 Å². The Morgan fingerprint density at radius 3 is 2.88 bits per heavy atom. The Hall–Kier alpha value is -2.42. The maximum atomic E-state index is 10.4. The SMILES string of the molecule is Cc1cc([N+](=O)[O-])cnc1C#CCC(=O)O. The third kappa shape index (κ3) is 3.06. The first kappa shape index (κ1) is 11.7. The number of aromatic nitrogens is 1. The van der Waals surface area contributed by atoms with E-state index in [1.165, 1.54) is 6.07 Å². The lowest BCUT2D eigenvalue weighted by atomic mass is 10.2. The van der Waals surface area contributed by atoms with Crippen LogP contribution in [0.1, 0.15) is 17.7 Å². The van der Waals surface area contributed by atoms with E-state index in [0.29, 0.717) is 11.3 Å². The normalized spacial score (nSPS) is 9.06. The van der Waals surface area contributed by atoms with Crippen molar-refractivity contribution in [2.45, 2.75) is 13.3 Å². The molecule has 0 amide bonds. The number of rotatable bonds is 2. The quantitative estimate of drug-likeness (QED) is 0.458. The molecule has 0 aliphatic rings. The van der Waals surface area contributed by atoms with Crippen LogP contribution < -0.4 is 0 Å². The van der Waals surface area contributed by atoms with Crippen LogP contribution in [0.15, 0.2) is 12.3 Å². The fourth-order valence-electron chi connectivity index (χ4n) is 0.994. The van der Waals surface area contributed by atoms with E-state index in [4.69, 9.17) is 5.11 Å². The number of carboxylic acid groups (broad SMARTS) is 1. The fraction of sp³-hybridized carbons (Fsp3) is 0.200. The Labute approximate surface area is 91.1 Å². The topological polar surface area (TPSA) is 93.3 Å². The van der Waals surface area contributed by atoms with Crippen molar-refractivity contribution in [3.8, 4) is 11.8 Å². The molecule has 82 valence electrons. The van der Waals surface area contributed by atoms with Crippen LogP contribution in [0.25, 0.3) is 0 Å². The highest BCUT2D eigenvalue weighted by atomic mass is 16.6. The number of hydrogen-bond donors (Lipinski definition) is 1. The minimum atomic E-state index is -1.02. The van der Waals surface area contributed by atoms with Crippen LogP contribution in [0.4, 0.5) is 5.69 Å². The first-order valence-electron chi connectivity index (χ1n) is 4.32. The summed E-state index contributed by atoms with van der Waals surface area (Å²) in [5, 5.41) is 18.8. The summed E-state index contributed by atoms with van der Waals surface area (Å²) >= 11 is 0. The van der Waals surface area contributed by atoms with E-state index in [0.717, 1.165) is 6.20 Å². The smallest absolute Gasteiger partial charge is 0.315 e. The summed E-state index contributed by atoms with van der Waals surface area (Å²) in [6.45, 7) is 1.63. The fourth-order valence-corrected chi connectivity index (χ4v) is 0.994. The summed E-state index contributed by atoms with van der Waals surface area (Å²) in [5.74, 6) is 3.93. The maximum absolute atomic E-state index is 10.4. The molecule has 1 rings (SSSR count). The van der Waals surface area contributed by atoms with E-state index in [-0.39, 0.29) is 12.1 Å². The number of carboxylic acids is 1. The van der Waals surface area contributed by atoms with Gasteiger partial charge in [0.2, 0.25) is 0 Å². The van der Waals surface area contributed by atoms with Gasteiger partial charge >= 0.3 is 5.97 Å². The number of aliphatic carboxylic acids is 1. The van der Waals surface area contributed by atoms with Gasteiger partial charge in [0.1, 0.15) is 18.3 Å². The third-order valence-corrected chi connectivity index (χ3v) is 1.72. The van der Waals surface area contributed by atoms with Gasteiger partial charge in [-0.05, 0) is 18.4 Å². The largest absolute Gasteiger partial charge is 0.481 e. The molecule has 0 spiro atoms. The first-order chi connectivity index (χ1) is 7.50. The zero-order valence-corrected chi connectivity index (χ0v) is 8.43. The van der Waals surface area contributed by atoms with Gasteiger partial charge in [-0.15, -0.1) is 0 Å². The lowest BCUT2D eigenvalue weighted by Gasteiger charge is -1.96. The van der Waals surface area contributed by atoms with Crippen LogP contribution in [0.2, 0.25) is 0 Å². The van der Waals surface area contributed by atoms with Gasteiger partial charge in [0.25, 0.3) is 5.69 Å². The van der Waals surface area contributed by atoms with Gasteiger partial charge in [-0.3, -0.25) is 14.9 Å². The monoisotopic (exact) mass is 220 g/mol. The van der Waals surface area contributed by atoms with E-state index in [1.807, 2.05) is 0 Å². The van der Waals surface area contributed by atoms with E-state index in [2.05, 4.69) is 16.8 Å². The van der Waals surface area contributed by atoms with Crippen LogP contribution in [-0.4, -0.2) is 21.0 Å². The molecule has 0 saturated carbocycles. The number of carbonyl (C=O) groups is 1. The Morgan fingerprint density at radius 1 is 1.69 bits per heavy atom. The molecule has 0 atom stereocenters. The lowest BCUT2D eigenvalue weighted by Crippen LogP contribution is -1.94. The van der Waals surface area contributed by atoms with Crippen LogP contribution >= 0.6 is 0 Å². The molecule has 0 saturated heterocycles. The molecule has 0 aliphatic carbocycles. The summed E-state index contributed by atoms with van der Waals surface area (Å²) in [5.41, 5.74) is 0.792. The molecule has 0 aliphatic heterocycles. The second-order valence-electron chi connectivity index (χ2n) is 2.99. The second-order valence-corrected chi connectivity index (χ2v) is 2.99. The zero-order chi connectivity index (χ0) is 12.1. The molecule has 0 unspecified atom stereocenters. The molecule has 1 aromatic heterocycles. The Morgan fingerprint density at radius 2 is 2.38 bits per heavy atom. The van der Waals surface area contributed by atoms with Gasteiger partial charge in [-0.2, -0.15) is 0 Å². The number of hydrogen-bond acceptors (Lipinski definition) is 4. The van der Waals surface area contributed by atoms with Gasteiger partial charge in [-0.1, -0.05) is 5.92 Å².